The van der Waals surface area contributed by atoms with E-state index in [2.05, 4.69) is 6.92 Å². The number of benzene rings is 3. The van der Waals surface area contributed by atoms with Crippen LogP contribution in [-0.2, 0) is 11.3 Å². The van der Waals surface area contributed by atoms with Crippen LogP contribution >= 0.6 is 0 Å². The molecule has 1 aliphatic heterocycles. The number of rotatable bonds is 7. The molecule has 4 rings (SSSR count). The molecule has 2 atom stereocenters. The van der Waals surface area contributed by atoms with Gasteiger partial charge in [-0.25, -0.2) is 26.3 Å². The molecule has 0 amide bonds. The molecule has 0 spiro atoms. The Morgan fingerprint density at radius 3 is 2.09 bits per heavy atom. The van der Waals surface area contributed by atoms with Crippen LogP contribution in [0.2, 0.25) is 0 Å². The van der Waals surface area contributed by atoms with Gasteiger partial charge in [0.25, 0.3) is 0 Å². The first-order chi connectivity index (χ1) is 16.8. The van der Waals surface area contributed by atoms with Crippen molar-refractivity contribution in [3.05, 3.63) is 88.5 Å². The van der Waals surface area contributed by atoms with E-state index in [1.807, 2.05) is 0 Å². The third kappa shape index (κ3) is 5.64. The van der Waals surface area contributed by atoms with Crippen LogP contribution in [-0.4, -0.2) is 6.61 Å². The molecule has 0 radical (unpaired) electrons. The molecule has 0 N–H and O–H groups in total. The Bertz CT molecular complexity index is 1160. The first-order valence-corrected chi connectivity index (χ1v) is 11.4. The van der Waals surface area contributed by atoms with Crippen molar-refractivity contribution in [3.8, 4) is 16.9 Å². The SMILES string of the molecule is CCCC1CCC(c2ccc(-c3cc(F)c(OCc4cc(F)c(F)c(F)c4)c(F)c3)c(F)c2)OC1. The lowest BCUT2D eigenvalue weighted by Gasteiger charge is -2.29. The maximum absolute atomic E-state index is 14.9. The Morgan fingerprint density at radius 1 is 0.829 bits per heavy atom. The Morgan fingerprint density at radius 2 is 1.51 bits per heavy atom. The lowest BCUT2D eigenvalue weighted by molar-refractivity contribution is -0.0195. The molecule has 0 bridgehead atoms. The molecule has 3 aromatic rings. The van der Waals surface area contributed by atoms with Crippen molar-refractivity contribution in [3.63, 3.8) is 0 Å². The second-order valence-electron chi connectivity index (χ2n) is 8.72. The maximum Gasteiger partial charge on any atom is 0.194 e. The van der Waals surface area contributed by atoms with E-state index in [0.717, 1.165) is 37.8 Å². The summed E-state index contributed by atoms with van der Waals surface area (Å²) in [5.41, 5.74) is 0.473. The second kappa shape index (κ2) is 10.7. The summed E-state index contributed by atoms with van der Waals surface area (Å²) in [4.78, 5) is 0. The van der Waals surface area contributed by atoms with Crippen molar-refractivity contribution in [1.82, 2.24) is 0 Å². The van der Waals surface area contributed by atoms with Gasteiger partial charge in [-0.1, -0.05) is 25.5 Å². The fourth-order valence-electron chi connectivity index (χ4n) is 4.37. The van der Waals surface area contributed by atoms with Crippen molar-refractivity contribution in [2.45, 2.75) is 45.3 Å². The van der Waals surface area contributed by atoms with Gasteiger partial charge in [-0.2, -0.15) is 0 Å². The van der Waals surface area contributed by atoms with Gasteiger partial charge in [0.15, 0.2) is 34.8 Å². The molecule has 186 valence electrons. The standard InChI is InChI=1S/C27H24F6O2/c1-2-3-15-4-7-25(34-13-15)17-5-6-19(20(28)10-17)18-11-23(31)27(24(32)12-18)35-14-16-8-21(29)26(33)22(30)9-16/h5-6,8-12,15,25H,2-4,7,13-14H2,1H3. The van der Waals surface area contributed by atoms with E-state index in [-0.39, 0.29) is 22.8 Å². The predicted octanol–water partition coefficient (Wildman–Crippen LogP) is 8.04. The van der Waals surface area contributed by atoms with Crippen LogP contribution in [0.4, 0.5) is 26.3 Å². The van der Waals surface area contributed by atoms with Crippen LogP contribution in [0.5, 0.6) is 5.75 Å². The molecule has 0 aromatic heterocycles. The number of hydrogen-bond acceptors (Lipinski definition) is 2. The summed E-state index contributed by atoms with van der Waals surface area (Å²) in [5, 5.41) is 0. The average molecular weight is 494 g/mol. The van der Waals surface area contributed by atoms with Gasteiger partial charge in [0.05, 0.1) is 12.7 Å². The van der Waals surface area contributed by atoms with Crippen LogP contribution in [0.1, 0.15) is 49.8 Å². The summed E-state index contributed by atoms with van der Waals surface area (Å²) in [6, 6.07) is 7.60. The van der Waals surface area contributed by atoms with Crippen LogP contribution < -0.4 is 4.74 Å². The molecule has 2 nitrogen and oxygen atoms in total. The highest BCUT2D eigenvalue weighted by Crippen LogP contribution is 2.36. The molecule has 2 unspecified atom stereocenters. The third-order valence-electron chi connectivity index (χ3n) is 6.17. The minimum absolute atomic E-state index is 0.000413. The summed E-state index contributed by atoms with van der Waals surface area (Å²) < 4.78 is 94.8. The third-order valence-corrected chi connectivity index (χ3v) is 6.17. The van der Waals surface area contributed by atoms with E-state index >= 15 is 0 Å². The van der Waals surface area contributed by atoms with E-state index < -0.39 is 47.3 Å². The molecule has 1 fully saturated rings. The van der Waals surface area contributed by atoms with Gasteiger partial charge in [-0.05, 0) is 72.2 Å². The first kappa shape index (κ1) is 25.1. The van der Waals surface area contributed by atoms with Crippen molar-refractivity contribution < 1.29 is 35.8 Å². The average Bonchev–Trinajstić information content (AvgIpc) is 2.82. The van der Waals surface area contributed by atoms with Gasteiger partial charge in [0, 0.05) is 5.56 Å². The molecule has 1 saturated heterocycles. The Balaban J connectivity index is 1.49. The quantitative estimate of drug-likeness (QED) is 0.245. The van der Waals surface area contributed by atoms with Crippen LogP contribution in [0.3, 0.4) is 0 Å². The molecule has 3 aromatic carbocycles. The fourth-order valence-corrected chi connectivity index (χ4v) is 4.37. The summed E-state index contributed by atoms with van der Waals surface area (Å²) in [5.74, 6) is -7.73. The normalized spacial score (nSPS) is 18.0. The molecule has 8 heteroatoms. The zero-order valence-corrected chi connectivity index (χ0v) is 19.0. The van der Waals surface area contributed by atoms with Gasteiger partial charge in [0.2, 0.25) is 0 Å². The minimum Gasteiger partial charge on any atom is -0.483 e. The molecule has 1 aliphatic rings. The molecular formula is C27H24F6O2. The molecular weight excluding hydrogens is 470 g/mol. The first-order valence-electron chi connectivity index (χ1n) is 11.4. The van der Waals surface area contributed by atoms with E-state index in [4.69, 9.17) is 9.47 Å². The highest BCUT2D eigenvalue weighted by molar-refractivity contribution is 5.66. The van der Waals surface area contributed by atoms with E-state index in [1.54, 1.807) is 6.07 Å². The zero-order chi connectivity index (χ0) is 25.1. The van der Waals surface area contributed by atoms with Crippen LogP contribution in [0.25, 0.3) is 11.1 Å². The fraction of sp³-hybridized carbons (Fsp3) is 0.333. The Hall–Kier alpha value is -3.00. The van der Waals surface area contributed by atoms with Gasteiger partial charge >= 0.3 is 0 Å². The summed E-state index contributed by atoms with van der Waals surface area (Å²) in [7, 11) is 0. The van der Waals surface area contributed by atoms with Crippen LogP contribution in [0, 0.1) is 40.8 Å². The largest absolute Gasteiger partial charge is 0.483 e. The smallest absolute Gasteiger partial charge is 0.194 e. The van der Waals surface area contributed by atoms with Gasteiger partial charge in [0.1, 0.15) is 12.4 Å². The zero-order valence-electron chi connectivity index (χ0n) is 19.0. The van der Waals surface area contributed by atoms with E-state index in [0.29, 0.717) is 30.2 Å². The van der Waals surface area contributed by atoms with Crippen molar-refractivity contribution in [2.75, 3.05) is 6.61 Å². The van der Waals surface area contributed by atoms with Crippen molar-refractivity contribution in [1.29, 1.82) is 0 Å². The van der Waals surface area contributed by atoms with Gasteiger partial charge < -0.3 is 9.47 Å². The molecule has 35 heavy (non-hydrogen) atoms. The van der Waals surface area contributed by atoms with Gasteiger partial charge in [-0.15, -0.1) is 0 Å². The number of halogens is 6. The van der Waals surface area contributed by atoms with E-state index in [9.17, 15) is 26.3 Å². The summed E-state index contributed by atoms with van der Waals surface area (Å²) in [6.45, 7) is 2.14. The summed E-state index contributed by atoms with van der Waals surface area (Å²) in [6.07, 6.45) is 3.73. The molecule has 1 heterocycles. The Kier molecular flexibility index (Phi) is 7.69. The second-order valence-corrected chi connectivity index (χ2v) is 8.72. The summed E-state index contributed by atoms with van der Waals surface area (Å²) >= 11 is 0. The molecule has 0 aliphatic carbocycles. The van der Waals surface area contributed by atoms with Crippen molar-refractivity contribution >= 4 is 0 Å². The topological polar surface area (TPSA) is 18.5 Å². The molecule has 0 saturated carbocycles. The van der Waals surface area contributed by atoms with Crippen molar-refractivity contribution in [2.24, 2.45) is 5.92 Å². The highest BCUT2D eigenvalue weighted by atomic mass is 19.2. The van der Waals surface area contributed by atoms with Gasteiger partial charge in [-0.3, -0.25) is 0 Å². The predicted molar refractivity (Wildman–Crippen MR) is 119 cm³/mol. The highest BCUT2D eigenvalue weighted by Gasteiger charge is 2.24. The Labute approximate surface area is 199 Å². The lowest BCUT2D eigenvalue weighted by atomic mass is 9.91. The monoisotopic (exact) mass is 494 g/mol. The van der Waals surface area contributed by atoms with Crippen LogP contribution in [0.15, 0.2) is 42.5 Å². The number of hydrogen-bond donors (Lipinski definition) is 0. The lowest BCUT2D eigenvalue weighted by Crippen LogP contribution is -2.20. The minimum atomic E-state index is -1.65. The van der Waals surface area contributed by atoms with E-state index in [1.165, 1.54) is 12.1 Å². The number of ether oxygens (including phenoxy) is 2. The maximum atomic E-state index is 14.9.